The molecule has 102 valence electrons. The predicted molar refractivity (Wildman–Crippen MR) is 65.9 cm³/mol. The fourth-order valence-corrected chi connectivity index (χ4v) is 2.32. The third-order valence-electron chi connectivity index (χ3n) is 3.34. The summed E-state index contributed by atoms with van der Waals surface area (Å²) in [4.78, 5) is 23.1. The molecule has 1 aliphatic rings. The molecular formula is C11H20N4O3. The van der Waals surface area contributed by atoms with Gasteiger partial charge in [-0.25, -0.2) is 0 Å². The number of amides is 2. The highest BCUT2D eigenvalue weighted by molar-refractivity contribution is 6.07. The number of nitrogens with two attached hydrogens (primary N) is 1. The zero-order valence-electron chi connectivity index (χ0n) is 10.7. The van der Waals surface area contributed by atoms with E-state index in [2.05, 4.69) is 15.8 Å². The van der Waals surface area contributed by atoms with Gasteiger partial charge in [0.15, 0.2) is 5.84 Å². The number of carbonyl (C=O) groups is 2. The summed E-state index contributed by atoms with van der Waals surface area (Å²) in [5.74, 6) is -0.108. The van der Waals surface area contributed by atoms with Crippen LogP contribution in [0, 0.1) is 11.3 Å². The molecule has 2 amide bonds. The average molecular weight is 256 g/mol. The van der Waals surface area contributed by atoms with E-state index in [1.54, 1.807) is 0 Å². The summed E-state index contributed by atoms with van der Waals surface area (Å²) in [5, 5.41) is 16.8. The Balaban J connectivity index is 2.55. The molecule has 0 aromatic heterocycles. The number of oxime groups is 1. The van der Waals surface area contributed by atoms with Crippen molar-refractivity contribution < 1.29 is 14.8 Å². The molecule has 7 nitrogen and oxygen atoms in total. The second-order valence-corrected chi connectivity index (χ2v) is 4.76. The van der Waals surface area contributed by atoms with Crippen LogP contribution in [0.1, 0.15) is 26.2 Å². The summed E-state index contributed by atoms with van der Waals surface area (Å²) in [6.07, 6.45) is 1.34. The van der Waals surface area contributed by atoms with Gasteiger partial charge < -0.3 is 21.6 Å². The Labute approximate surface area is 106 Å². The smallest absolute Gasteiger partial charge is 0.233 e. The van der Waals surface area contributed by atoms with Crippen molar-refractivity contribution in [3.05, 3.63) is 0 Å². The second kappa shape index (κ2) is 5.70. The first-order valence-corrected chi connectivity index (χ1v) is 5.93. The number of nitrogens with zero attached hydrogens (tertiary/aromatic N) is 1. The SMILES string of the molecule is CNC(=O)CCNC(=O)C1(C(N)=NO)CC(C)C1. The van der Waals surface area contributed by atoms with Crippen LogP contribution in [0.25, 0.3) is 0 Å². The number of rotatable bonds is 5. The van der Waals surface area contributed by atoms with E-state index in [0.29, 0.717) is 18.8 Å². The van der Waals surface area contributed by atoms with Gasteiger partial charge in [0.05, 0.1) is 0 Å². The quantitative estimate of drug-likeness (QED) is 0.227. The average Bonchev–Trinajstić information content (AvgIpc) is 2.33. The van der Waals surface area contributed by atoms with Crippen LogP contribution in [-0.2, 0) is 9.59 Å². The lowest BCUT2D eigenvalue weighted by Crippen LogP contribution is -2.57. The van der Waals surface area contributed by atoms with Crippen LogP contribution in [0.5, 0.6) is 0 Å². The molecule has 0 bridgehead atoms. The molecule has 7 heteroatoms. The van der Waals surface area contributed by atoms with Gasteiger partial charge in [-0.1, -0.05) is 12.1 Å². The maximum Gasteiger partial charge on any atom is 0.233 e. The van der Waals surface area contributed by atoms with E-state index in [9.17, 15) is 9.59 Å². The number of hydrogen-bond donors (Lipinski definition) is 4. The third-order valence-corrected chi connectivity index (χ3v) is 3.34. The van der Waals surface area contributed by atoms with Crippen LogP contribution in [0.3, 0.4) is 0 Å². The van der Waals surface area contributed by atoms with Gasteiger partial charge in [0.1, 0.15) is 5.41 Å². The molecule has 1 rings (SSSR count). The highest BCUT2D eigenvalue weighted by Gasteiger charge is 2.51. The van der Waals surface area contributed by atoms with Crippen LogP contribution in [0.15, 0.2) is 5.16 Å². The molecule has 18 heavy (non-hydrogen) atoms. The lowest BCUT2D eigenvalue weighted by molar-refractivity contribution is -0.133. The summed E-state index contributed by atoms with van der Waals surface area (Å²) in [7, 11) is 1.54. The van der Waals surface area contributed by atoms with Gasteiger partial charge in [-0.3, -0.25) is 9.59 Å². The number of nitrogens with one attached hydrogen (secondary N) is 2. The molecule has 0 heterocycles. The van der Waals surface area contributed by atoms with E-state index >= 15 is 0 Å². The first-order valence-electron chi connectivity index (χ1n) is 5.93. The van der Waals surface area contributed by atoms with Gasteiger partial charge in [0.25, 0.3) is 0 Å². The van der Waals surface area contributed by atoms with E-state index in [0.717, 1.165) is 0 Å². The molecule has 0 unspecified atom stereocenters. The first kappa shape index (κ1) is 14.3. The second-order valence-electron chi connectivity index (χ2n) is 4.76. The van der Waals surface area contributed by atoms with Crippen LogP contribution in [0.2, 0.25) is 0 Å². The minimum atomic E-state index is -0.906. The van der Waals surface area contributed by atoms with E-state index in [1.807, 2.05) is 6.92 Å². The molecule has 0 radical (unpaired) electrons. The fraction of sp³-hybridized carbons (Fsp3) is 0.727. The molecule has 0 aromatic rings. The maximum atomic E-state index is 12.0. The minimum Gasteiger partial charge on any atom is -0.409 e. The van der Waals surface area contributed by atoms with E-state index < -0.39 is 5.41 Å². The van der Waals surface area contributed by atoms with Crippen molar-refractivity contribution in [1.82, 2.24) is 10.6 Å². The topological polar surface area (TPSA) is 117 Å². The highest BCUT2D eigenvalue weighted by atomic mass is 16.4. The highest BCUT2D eigenvalue weighted by Crippen LogP contribution is 2.45. The Morgan fingerprint density at radius 3 is 2.56 bits per heavy atom. The Morgan fingerprint density at radius 1 is 1.50 bits per heavy atom. The Bertz CT molecular complexity index is 361. The van der Waals surface area contributed by atoms with Gasteiger partial charge in [0, 0.05) is 20.0 Å². The normalized spacial score (nSPS) is 27.2. The Morgan fingerprint density at radius 2 is 2.11 bits per heavy atom. The molecule has 5 N–H and O–H groups in total. The lowest BCUT2D eigenvalue weighted by atomic mass is 9.61. The monoisotopic (exact) mass is 256 g/mol. The molecule has 0 saturated heterocycles. The van der Waals surface area contributed by atoms with Crippen molar-refractivity contribution in [3.8, 4) is 0 Å². The summed E-state index contributed by atoms with van der Waals surface area (Å²) < 4.78 is 0. The summed E-state index contributed by atoms with van der Waals surface area (Å²) in [5.41, 5.74) is 4.69. The van der Waals surface area contributed by atoms with Gasteiger partial charge in [0.2, 0.25) is 11.8 Å². The van der Waals surface area contributed by atoms with Crippen LogP contribution in [0.4, 0.5) is 0 Å². The molecular weight excluding hydrogens is 236 g/mol. The Kier molecular flexibility index (Phi) is 4.52. The predicted octanol–water partition coefficient (Wildman–Crippen LogP) is -0.599. The standard InChI is InChI=1S/C11H20N4O3/c1-7-5-11(6-7,9(12)15-18)10(17)14-4-3-8(16)13-2/h7,18H,3-6H2,1-2H3,(H2,12,15)(H,13,16)(H,14,17). The van der Waals surface area contributed by atoms with E-state index in [-0.39, 0.29) is 30.6 Å². The van der Waals surface area contributed by atoms with Crippen molar-refractivity contribution in [3.63, 3.8) is 0 Å². The van der Waals surface area contributed by atoms with Crippen molar-refractivity contribution in [2.24, 2.45) is 22.2 Å². The van der Waals surface area contributed by atoms with Crippen molar-refractivity contribution in [2.75, 3.05) is 13.6 Å². The van der Waals surface area contributed by atoms with Crippen molar-refractivity contribution >= 4 is 17.6 Å². The zero-order valence-corrected chi connectivity index (χ0v) is 10.7. The summed E-state index contributed by atoms with van der Waals surface area (Å²) in [6.45, 7) is 2.24. The van der Waals surface area contributed by atoms with Crippen LogP contribution < -0.4 is 16.4 Å². The first-order chi connectivity index (χ1) is 8.46. The van der Waals surface area contributed by atoms with Gasteiger partial charge in [-0.05, 0) is 18.8 Å². The third kappa shape index (κ3) is 2.72. The molecule has 1 aliphatic carbocycles. The van der Waals surface area contributed by atoms with Crippen molar-refractivity contribution in [1.29, 1.82) is 0 Å². The van der Waals surface area contributed by atoms with Crippen molar-refractivity contribution in [2.45, 2.75) is 26.2 Å². The van der Waals surface area contributed by atoms with Crippen LogP contribution >= 0.6 is 0 Å². The Hall–Kier alpha value is -1.79. The van der Waals surface area contributed by atoms with E-state index in [1.165, 1.54) is 7.05 Å². The zero-order chi connectivity index (χ0) is 13.8. The molecule has 0 spiro atoms. The summed E-state index contributed by atoms with van der Waals surface area (Å²) >= 11 is 0. The molecule has 1 saturated carbocycles. The molecule has 1 fully saturated rings. The minimum absolute atomic E-state index is 0.0574. The number of carbonyl (C=O) groups excluding carboxylic acids is 2. The van der Waals surface area contributed by atoms with E-state index in [4.69, 9.17) is 10.9 Å². The summed E-state index contributed by atoms with van der Waals surface area (Å²) in [6, 6.07) is 0. The van der Waals surface area contributed by atoms with Gasteiger partial charge >= 0.3 is 0 Å². The lowest BCUT2D eigenvalue weighted by Gasteiger charge is -2.43. The number of hydrogen-bond acceptors (Lipinski definition) is 4. The van der Waals surface area contributed by atoms with Crippen LogP contribution in [-0.4, -0.2) is 36.4 Å². The number of amidine groups is 1. The maximum absolute atomic E-state index is 12.0. The molecule has 0 atom stereocenters. The van der Waals surface area contributed by atoms with Gasteiger partial charge in [-0.2, -0.15) is 0 Å². The van der Waals surface area contributed by atoms with Gasteiger partial charge in [-0.15, -0.1) is 0 Å². The molecule has 0 aromatic carbocycles. The largest absolute Gasteiger partial charge is 0.409 e. The molecule has 0 aliphatic heterocycles. The fourth-order valence-electron chi connectivity index (χ4n) is 2.32.